The number of fused-ring (bicyclic) bond motifs is 1. The number of aromatic nitrogens is 3. The van der Waals surface area contributed by atoms with Crippen molar-refractivity contribution in [3.8, 4) is 22.8 Å². The molecule has 7 nitrogen and oxygen atoms in total. The van der Waals surface area contributed by atoms with Gasteiger partial charge in [0.1, 0.15) is 11.3 Å². The molecule has 3 aromatic heterocycles. The lowest BCUT2D eigenvalue weighted by atomic mass is 10.1. The molecular weight excluding hydrogens is 428 g/mol. The van der Waals surface area contributed by atoms with Crippen molar-refractivity contribution in [1.29, 1.82) is 0 Å². The van der Waals surface area contributed by atoms with E-state index in [1.54, 1.807) is 23.9 Å². The van der Waals surface area contributed by atoms with E-state index in [9.17, 15) is 22.0 Å². The predicted octanol–water partition coefficient (Wildman–Crippen LogP) is 3.79. The molecule has 0 aliphatic rings. The molecule has 160 valence electrons. The van der Waals surface area contributed by atoms with Gasteiger partial charge < -0.3 is 14.3 Å². The zero-order valence-electron chi connectivity index (χ0n) is 16.5. The molecule has 0 fully saturated rings. The van der Waals surface area contributed by atoms with Gasteiger partial charge in [-0.1, -0.05) is 6.92 Å². The van der Waals surface area contributed by atoms with E-state index in [0.717, 1.165) is 18.3 Å². The molecule has 0 bridgehead atoms. The first kappa shape index (κ1) is 20.7. The molecule has 10 heteroatoms. The average Bonchev–Trinajstić information content (AvgIpc) is 3.08. The molecule has 0 saturated heterocycles. The number of hydrogen-bond acceptors (Lipinski definition) is 5. The van der Waals surface area contributed by atoms with Crippen LogP contribution in [0.3, 0.4) is 0 Å². The molecule has 0 spiro atoms. The largest absolute Gasteiger partial charge is 0.435 e. The number of aryl methyl sites for hydroxylation is 1. The number of nitrogens with one attached hydrogen (secondary N) is 1. The lowest BCUT2D eigenvalue weighted by Gasteiger charge is -2.12. The zero-order chi connectivity index (χ0) is 22.3. The topological polar surface area (TPSA) is 94.1 Å². The highest BCUT2D eigenvalue weighted by atomic mass is 32.2. The molecule has 0 amide bonds. The lowest BCUT2D eigenvalue weighted by molar-refractivity contribution is 0.424. The van der Waals surface area contributed by atoms with Crippen molar-refractivity contribution in [1.82, 2.24) is 14.5 Å². The molecule has 4 aromatic rings. The Morgan fingerprint density at radius 3 is 2.65 bits per heavy atom. The third-order valence-corrected chi connectivity index (χ3v) is 6.56. The smallest absolute Gasteiger partial charge is 0.272 e. The minimum Gasteiger partial charge on any atom is -0.435 e. The van der Waals surface area contributed by atoms with E-state index in [0.29, 0.717) is 22.5 Å². The van der Waals surface area contributed by atoms with Gasteiger partial charge in [-0.2, -0.15) is 0 Å². The van der Waals surface area contributed by atoms with Gasteiger partial charge in [0.2, 0.25) is 5.88 Å². The second-order valence-corrected chi connectivity index (χ2v) is 9.10. The molecule has 1 N–H and O–H groups in total. The van der Waals surface area contributed by atoms with E-state index >= 15 is 0 Å². The van der Waals surface area contributed by atoms with Crippen molar-refractivity contribution >= 4 is 20.7 Å². The Kier molecular flexibility index (Phi) is 5.10. The summed E-state index contributed by atoms with van der Waals surface area (Å²) >= 11 is 0. The van der Waals surface area contributed by atoms with Crippen LogP contribution < -0.4 is 10.3 Å². The van der Waals surface area contributed by atoms with Crippen LogP contribution in [-0.2, 0) is 16.9 Å². The number of sulfone groups is 1. The summed E-state index contributed by atoms with van der Waals surface area (Å²) in [5.41, 5.74) is 0.750. The molecule has 0 saturated carbocycles. The Labute approximate surface area is 175 Å². The first-order chi connectivity index (χ1) is 14.7. The Balaban J connectivity index is 1.98. The molecule has 0 aliphatic carbocycles. The SMILES string of the molecule is CCS(=O)(=O)c1cnc(Oc2ccc(F)cc2F)c(-c2cn(C)c3c(=O)[nH]ccc23)c1. The van der Waals surface area contributed by atoms with Crippen LogP contribution in [-0.4, -0.2) is 28.7 Å². The van der Waals surface area contributed by atoms with E-state index in [1.807, 2.05) is 0 Å². The summed E-state index contributed by atoms with van der Waals surface area (Å²) in [4.78, 5) is 18.9. The van der Waals surface area contributed by atoms with Crippen molar-refractivity contribution in [2.45, 2.75) is 11.8 Å². The van der Waals surface area contributed by atoms with Gasteiger partial charge in [0, 0.05) is 48.2 Å². The fraction of sp³-hybridized carbons (Fsp3) is 0.143. The summed E-state index contributed by atoms with van der Waals surface area (Å²) in [5, 5.41) is 0.531. The normalized spacial score (nSPS) is 11.7. The molecule has 4 rings (SSSR count). The molecule has 1 aromatic carbocycles. The van der Waals surface area contributed by atoms with Crippen molar-refractivity contribution in [3.05, 3.63) is 70.9 Å². The van der Waals surface area contributed by atoms with Crippen LogP contribution >= 0.6 is 0 Å². The lowest BCUT2D eigenvalue weighted by Crippen LogP contribution is -2.07. The van der Waals surface area contributed by atoms with Crippen molar-refractivity contribution in [2.75, 3.05) is 5.75 Å². The van der Waals surface area contributed by atoms with Gasteiger partial charge >= 0.3 is 0 Å². The summed E-state index contributed by atoms with van der Waals surface area (Å²) in [6.45, 7) is 1.50. The van der Waals surface area contributed by atoms with E-state index in [4.69, 9.17) is 4.74 Å². The van der Waals surface area contributed by atoms with Gasteiger partial charge in [-0.3, -0.25) is 4.79 Å². The Bertz CT molecular complexity index is 1480. The van der Waals surface area contributed by atoms with Crippen LogP contribution in [0.25, 0.3) is 22.0 Å². The van der Waals surface area contributed by atoms with Gasteiger partial charge in [0.15, 0.2) is 21.4 Å². The van der Waals surface area contributed by atoms with E-state index in [2.05, 4.69) is 9.97 Å². The number of aromatic amines is 1. The van der Waals surface area contributed by atoms with Crippen LogP contribution in [0.4, 0.5) is 8.78 Å². The van der Waals surface area contributed by atoms with Gasteiger partial charge in [-0.25, -0.2) is 22.2 Å². The third-order valence-electron chi connectivity index (χ3n) is 4.86. The molecule has 0 aliphatic heterocycles. The Hall–Kier alpha value is -3.53. The maximum absolute atomic E-state index is 14.2. The van der Waals surface area contributed by atoms with Crippen LogP contribution in [0.2, 0.25) is 0 Å². The van der Waals surface area contributed by atoms with Gasteiger partial charge in [-0.15, -0.1) is 0 Å². The maximum atomic E-state index is 14.2. The summed E-state index contributed by atoms with van der Waals surface area (Å²) in [6.07, 6.45) is 4.22. The third kappa shape index (κ3) is 3.70. The first-order valence-corrected chi connectivity index (χ1v) is 10.9. The van der Waals surface area contributed by atoms with Crippen LogP contribution in [0.5, 0.6) is 11.6 Å². The van der Waals surface area contributed by atoms with E-state index in [1.165, 1.54) is 19.2 Å². The standard InChI is InChI=1S/C21H17F2N3O4S/c1-3-31(28,29)13-9-15(16-11-26(2)19-14(16)6-7-24-20(19)27)21(25-10-13)30-18-5-4-12(22)8-17(18)23/h4-11H,3H2,1-2H3,(H,24,27). The molecule has 3 heterocycles. The van der Waals surface area contributed by atoms with Crippen LogP contribution in [0.1, 0.15) is 6.92 Å². The highest BCUT2D eigenvalue weighted by Gasteiger charge is 2.21. The first-order valence-electron chi connectivity index (χ1n) is 9.24. The van der Waals surface area contributed by atoms with E-state index in [-0.39, 0.29) is 33.4 Å². The molecule has 0 atom stereocenters. The van der Waals surface area contributed by atoms with E-state index < -0.39 is 21.5 Å². The zero-order valence-corrected chi connectivity index (χ0v) is 17.3. The van der Waals surface area contributed by atoms with Crippen molar-refractivity contribution < 1.29 is 21.9 Å². The highest BCUT2D eigenvalue weighted by molar-refractivity contribution is 7.91. The molecular formula is C21H17F2N3O4S. The summed E-state index contributed by atoms with van der Waals surface area (Å²) < 4.78 is 59.5. The number of benzene rings is 1. The van der Waals surface area contributed by atoms with Crippen LogP contribution in [0, 0.1) is 11.6 Å². The Morgan fingerprint density at radius 1 is 1.16 bits per heavy atom. The second kappa shape index (κ2) is 7.62. The molecule has 0 radical (unpaired) electrons. The van der Waals surface area contributed by atoms with Gasteiger partial charge in [0.25, 0.3) is 5.56 Å². The summed E-state index contributed by atoms with van der Waals surface area (Å²) in [7, 11) is -1.94. The van der Waals surface area contributed by atoms with Gasteiger partial charge in [0.05, 0.1) is 10.6 Å². The Morgan fingerprint density at radius 2 is 1.94 bits per heavy atom. The van der Waals surface area contributed by atoms with Crippen molar-refractivity contribution in [3.63, 3.8) is 0 Å². The predicted molar refractivity (Wildman–Crippen MR) is 111 cm³/mol. The highest BCUT2D eigenvalue weighted by Crippen LogP contribution is 2.38. The number of H-pyrrole nitrogens is 1. The minimum atomic E-state index is -3.60. The number of pyridine rings is 2. The second-order valence-electron chi connectivity index (χ2n) is 6.83. The molecule has 0 unspecified atom stereocenters. The fourth-order valence-electron chi connectivity index (χ4n) is 3.29. The van der Waals surface area contributed by atoms with Crippen molar-refractivity contribution in [2.24, 2.45) is 7.05 Å². The molecule has 31 heavy (non-hydrogen) atoms. The quantitative estimate of drug-likeness (QED) is 0.504. The number of rotatable bonds is 5. The number of ether oxygens (including phenoxy) is 1. The minimum absolute atomic E-state index is 0.0428. The van der Waals surface area contributed by atoms with Gasteiger partial charge in [-0.05, 0) is 24.3 Å². The fourth-order valence-corrected chi connectivity index (χ4v) is 4.13. The maximum Gasteiger partial charge on any atom is 0.272 e. The summed E-state index contributed by atoms with van der Waals surface area (Å²) in [6, 6.07) is 5.85. The number of hydrogen-bond donors (Lipinski definition) is 1. The number of halogens is 2. The average molecular weight is 445 g/mol. The monoisotopic (exact) mass is 445 g/mol. The number of nitrogens with zero attached hydrogens (tertiary/aromatic N) is 2. The summed E-state index contributed by atoms with van der Waals surface area (Å²) in [5.74, 6) is -2.22. The van der Waals surface area contributed by atoms with Crippen LogP contribution in [0.15, 0.2) is 58.6 Å².